The highest BCUT2D eigenvalue weighted by atomic mass is 16.6. The molecule has 0 bridgehead atoms. The minimum absolute atomic E-state index is 0.0176. The topological polar surface area (TPSA) is 98.3 Å². The van der Waals surface area contributed by atoms with E-state index in [0.29, 0.717) is 6.54 Å². The Bertz CT molecular complexity index is 401. The predicted octanol–water partition coefficient (Wildman–Crippen LogP) is 2.72. The molecule has 7 heteroatoms. The molecule has 0 aromatic heterocycles. The lowest BCUT2D eigenvalue weighted by molar-refractivity contribution is -0.392. The van der Waals surface area contributed by atoms with Gasteiger partial charge in [0.05, 0.1) is 9.85 Å². The largest absolute Gasteiger partial charge is 0.374 e. The zero-order chi connectivity index (χ0) is 12.8. The number of rotatable bonds is 6. The molecule has 0 unspecified atom stereocenters. The van der Waals surface area contributed by atoms with Crippen LogP contribution in [0.4, 0.5) is 17.1 Å². The first-order valence-electron chi connectivity index (χ1n) is 5.23. The van der Waals surface area contributed by atoms with Gasteiger partial charge in [-0.15, -0.1) is 0 Å². The molecule has 0 radical (unpaired) electrons. The average Bonchev–Trinajstić information content (AvgIpc) is 2.28. The monoisotopic (exact) mass is 239 g/mol. The van der Waals surface area contributed by atoms with E-state index in [0.717, 1.165) is 12.8 Å². The van der Waals surface area contributed by atoms with Gasteiger partial charge in [0.2, 0.25) is 0 Å². The van der Waals surface area contributed by atoms with Crippen LogP contribution in [0.2, 0.25) is 0 Å². The standard InChI is InChI=1S/C10H13N3O4/c1-2-3-7-11-10-8(12(14)15)5-4-6-9(10)13(16)17/h4-6,11H,2-3,7H2,1H3. The number of hydrogen-bond donors (Lipinski definition) is 1. The summed E-state index contributed by atoms with van der Waals surface area (Å²) in [6, 6.07) is 3.81. The maximum absolute atomic E-state index is 10.8. The van der Waals surface area contributed by atoms with Gasteiger partial charge in [0.1, 0.15) is 0 Å². The number of para-hydroxylation sites is 1. The lowest BCUT2D eigenvalue weighted by Crippen LogP contribution is -2.06. The Labute approximate surface area is 97.7 Å². The maximum atomic E-state index is 10.8. The van der Waals surface area contributed by atoms with Crippen molar-refractivity contribution in [1.82, 2.24) is 0 Å². The fraction of sp³-hybridized carbons (Fsp3) is 0.400. The number of unbranched alkanes of at least 4 members (excludes halogenated alkanes) is 1. The van der Waals surface area contributed by atoms with Crippen LogP contribution in [-0.2, 0) is 0 Å². The van der Waals surface area contributed by atoms with Crippen molar-refractivity contribution in [2.75, 3.05) is 11.9 Å². The van der Waals surface area contributed by atoms with Crippen LogP contribution in [0.5, 0.6) is 0 Å². The van der Waals surface area contributed by atoms with Gasteiger partial charge < -0.3 is 5.32 Å². The van der Waals surface area contributed by atoms with E-state index in [1.807, 2.05) is 6.92 Å². The van der Waals surface area contributed by atoms with E-state index in [-0.39, 0.29) is 17.1 Å². The molecule has 0 amide bonds. The minimum Gasteiger partial charge on any atom is -0.374 e. The van der Waals surface area contributed by atoms with Gasteiger partial charge in [-0.2, -0.15) is 0 Å². The molecule has 1 aromatic rings. The molecule has 7 nitrogen and oxygen atoms in total. The Kier molecular flexibility index (Phi) is 4.38. The van der Waals surface area contributed by atoms with Gasteiger partial charge in [-0.05, 0) is 12.5 Å². The van der Waals surface area contributed by atoms with Crippen molar-refractivity contribution in [1.29, 1.82) is 0 Å². The summed E-state index contributed by atoms with van der Waals surface area (Å²) in [5.41, 5.74) is -0.554. The van der Waals surface area contributed by atoms with Crippen molar-refractivity contribution in [2.24, 2.45) is 0 Å². The van der Waals surface area contributed by atoms with Crippen molar-refractivity contribution in [3.63, 3.8) is 0 Å². The van der Waals surface area contributed by atoms with Gasteiger partial charge in [-0.25, -0.2) is 0 Å². The van der Waals surface area contributed by atoms with E-state index >= 15 is 0 Å². The van der Waals surface area contributed by atoms with E-state index in [1.54, 1.807) is 0 Å². The SMILES string of the molecule is CCCCNc1c([N+](=O)[O-])cccc1[N+](=O)[O-]. The quantitative estimate of drug-likeness (QED) is 0.467. The van der Waals surface area contributed by atoms with Crippen LogP contribution in [0.3, 0.4) is 0 Å². The summed E-state index contributed by atoms with van der Waals surface area (Å²) in [7, 11) is 0. The summed E-state index contributed by atoms with van der Waals surface area (Å²) in [5.74, 6) is 0. The Morgan fingerprint density at radius 2 is 1.71 bits per heavy atom. The molecule has 0 saturated carbocycles. The van der Waals surface area contributed by atoms with E-state index in [1.165, 1.54) is 18.2 Å². The van der Waals surface area contributed by atoms with Crippen LogP contribution in [0.25, 0.3) is 0 Å². The predicted molar refractivity (Wildman–Crippen MR) is 63.1 cm³/mol. The second-order valence-electron chi connectivity index (χ2n) is 3.47. The smallest absolute Gasteiger partial charge is 0.299 e. The lowest BCUT2D eigenvalue weighted by atomic mass is 10.2. The highest BCUT2D eigenvalue weighted by Gasteiger charge is 2.23. The number of hydrogen-bond acceptors (Lipinski definition) is 5. The first-order valence-corrected chi connectivity index (χ1v) is 5.23. The van der Waals surface area contributed by atoms with Crippen molar-refractivity contribution in [3.8, 4) is 0 Å². The third-order valence-corrected chi connectivity index (χ3v) is 2.25. The first-order chi connectivity index (χ1) is 8.07. The molecule has 0 aliphatic heterocycles. The Morgan fingerprint density at radius 3 is 2.12 bits per heavy atom. The number of nitro groups is 2. The summed E-state index contributed by atoms with van der Waals surface area (Å²) >= 11 is 0. The van der Waals surface area contributed by atoms with Crippen molar-refractivity contribution < 1.29 is 9.85 Å². The second-order valence-corrected chi connectivity index (χ2v) is 3.47. The van der Waals surface area contributed by atoms with Crippen molar-refractivity contribution in [2.45, 2.75) is 19.8 Å². The molecular formula is C10H13N3O4. The van der Waals surface area contributed by atoms with Crippen LogP contribution in [-0.4, -0.2) is 16.4 Å². The molecule has 0 heterocycles. The number of benzene rings is 1. The molecule has 0 saturated heterocycles. The van der Waals surface area contributed by atoms with Gasteiger partial charge >= 0.3 is 0 Å². The molecule has 92 valence electrons. The molecule has 0 fully saturated rings. The number of anilines is 1. The molecule has 0 spiro atoms. The van der Waals surface area contributed by atoms with Gasteiger partial charge in [0.25, 0.3) is 11.4 Å². The molecular weight excluding hydrogens is 226 g/mol. The van der Waals surface area contributed by atoms with Crippen LogP contribution in [0, 0.1) is 20.2 Å². The van der Waals surface area contributed by atoms with E-state index < -0.39 is 9.85 Å². The van der Waals surface area contributed by atoms with Gasteiger partial charge in [-0.3, -0.25) is 20.2 Å². The van der Waals surface area contributed by atoms with Crippen LogP contribution in [0.1, 0.15) is 19.8 Å². The van der Waals surface area contributed by atoms with Crippen LogP contribution < -0.4 is 5.32 Å². The zero-order valence-corrected chi connectivity index (χ0v) is 9.38. The third kappa shape index (κ3) is 3.13. The Morgan fingerprint density at radius 1 is 1.18 bits per heavy atom. The molecule has 17 heavy (non-hydrogen) atoms. The highest BCUT2D eigenvalue weighted by molar-refractivity contribution is 5.73. The zero-order valence-electron chi connectivity index (χ0n) is 9.38. The van der Waals surface area contributed by atoms with Gasteiger partial charge in [-0.1, -0.05) is 13.3 Å². The van der Waals surface area contributed by atoms with Gasteiger partial charge in [0.15, 0.2) is 5.69 Å². The molecule has 1 rings (SSSR count). The highest BCUT2D eigenvalue weighted by Crippen LogP contribution is 2.33. The number of nitro benzene ring substituents is 2. The number of nitrogens with zero attached hydrogens (tertiary/aromatic N) is 2. The van der Waals surface area contributed by atoms with Crippen molar-refractivity contribution in [3.05, 3.63) is 38.4 Å². The summed E-state index contributed by atoms with van der Waals surface area (Å²) < 4.78 is 0. The third-order valence-electron chi connectivity index (χ3n) is 2.25. The van der Waals surface area contributed by atoms with Crippen molar-refractivity contribution >= 4 is 17.1 Å². The first kappa shape index (κ1) is 12.9. The lowest BCUT2D eigenvalue weighted by Gasteiger charge is -2.06. The van der Waals surface area contributed by atoms with Crippen LogP contribution in [0.15, 0.2) is 18.2 Å². The van der Waals surface area contributed by atoms with Gasteiger partial charge in [0, 0.05) is 18.7 Å². The normalized spacial score (nSPS) is 9.94. The Balaban J connectivity index is 3.10. The molecule has 1 aromatic carbocycles. The molecule has 1 N–H and O–H groups in total. The van der Waals surface area contributed by atoms with E-state index in [4.69, 9.17) is 0 Å². The maximum Gasteiger partial charge on any atom is 0.299 e. The molecule has 0 atom stereocenters. The summed E-state index contributed by atoms with van der Waals surface area (Å²) in [6.07, 6.45) is 1.70. The fourth-order valence-electron chi connectivity index (χ4n) is 1.40. The summed E-state index contributed by atoms with van der Waals surface area (Å²) in [4.78, 5) is 20.3. The second kappa shape index (κ2) is 5.78. The minimum atomic E-state index is -0.624. The van der Waals surface area contributed by atoms with E-state index in [2.05, 4.69) is 5.32 Å². The Hall–Kier alpha value is -2.18. The average molecular weight is 239 g/mol. The number of nitrogens with one attached hydrogen (secondary N) is 1. The van der Waals surface area contributed by atoms with Crippen LogP contribution >= 0.6 is 0 Å². The summed E-state index contributed by atoms with van der Waals surface area (Å²) in [6.45, 7) is 2.44. The molecule has 0 aliphatic carbocycles. The molecule has 0 aliphatic rings. The van der Waals surface area contributed by atoms with E-state index in [9.17, 15) is 20.2 Å². The fourth-order valence-corrected chi connectivity index (χ4v) is 1.40. The summed E-state index contributed by atoms with van der Waals surface area (Å²) in [5, 5.41) is 24.3.